The Kier molecular flexibility index (Phi) is 5.26. The number of nitrogens with zero attached hydrogens (tertiary/aromatic N) is 5. The zero-order valence-electron chi connectivity index (χ0n) is 19.0. The maximum absolute atomic E-state index is 12.3. The molecule has 5 heterocycles. The van der Waals surface area contributed by atoms with Gasteiger partial charge in [-0.25, -0.2) is 14.3 Å². The average Bonchev–Trinajstić information content (AvgIpc) is 3.32. The van der Waals surface area contributed by atoms with Crippen molar-refractivity contribution >= 4 is 17.4 Å². The summed E-state index contributed by atoms with van der Waals surface area (Å²) in [7, 11) is 0. The van der Waals surface area contributed by atoms with Crippen molar-refractivity contribution < 1.29 is 19.0 Å². The van der Waals surface area contributed by atoms with Crippen molar-refractivity contribution in [1.82, 2.24) is 24.4 Å². The van der Waals surface area contributed by atoms with Gasteiger partial charge in [0.2, 0.25) is 0 Å². The van der Waals surface area contributed by atoms with Crippen LogP contribution in [0.1, 0.15) is 45.4 Å². The lowest BCUT2D eigenvalue weighted by Gasteiger charge is -2.53. The molecule has 0 radical (unpaired) electrons. The van der Waals surface area contributed by atoms with Crippen molar-refractivity contribution in [2.75, 3.05) is 45.1 Å². The number of hydrogen-bond donors (Lipinski definition) is 1. The second kappa shape index (κ2) is 7.86. The van der Waals surface area contributed by atoms with E-state index < -0.39 is 5.60 Å². The van der Waals surface area contributed by atoms with Gasteiger partial charge in [0.1, 0.15) is 29.2 Å². The molecule has 0 bridgehead atoms. The molecule has 2 atom stereocenters. The molecule has 0 aliphatic carbocycles. The van der Waals surface area contributed by atoms with Crippen LogP contribution in [0, 0.1) is 0 Å². The number of nitrogens with two attached hydrogens (primary N) is 1. The second-order valence-electron chi connectivity index (χ2n) is 10.1. The molecule has 2 aromatic rings. The fraction of sp³-hybridized carbons (Fsp3) is 0.682. The molecule has 3 aliphatic heterocycles. The van der Waals surface area contributed by atoms with E-state index in [9.17, 15) is 4.79 Å². The Labute approximate surface area is 187 Å². The van der Waals surface area contributed by atoms with Crippen molar-refractivity contribution in [3.8, 4) is 0 Å². The molecule has 10 nitrogen and oxygen atoms in total. The number of carbonyl (C=O) groups excluding carboxylic acids is 1. The number of rotatable bonds is 3. The van der Waals surface area contributed by atoms with Gasteiger partial charge in [-0.15, -0.1) is 0 Å². The van der Waals surface area contributed by atoms with Gasteiger partial charge in [0, 0.05) is 19.6 Å². The topological polar surface area (TPSA) is 107 Å². The third kappa shape index (κ3) is 4.14. The summed E-state index contributed by atoms with van der Waals surface area (Å²) >= 11 is 0. The average molecular weight is 445 g/mol. The fourth-order valence-electron chi connectivity index (χ4n) is 4.94. The summed E-state index contributed by atoms with van der Waals surface area (Å²) in [6.07, 6.45) is 3.30. The number of morpholine rings is 1. The molecule has 32 heavy (non-hydrogen) atoms. The molecule has 0 saturated carbocycles. The zero-order valence-corrected chi connectivity index (χ0v) is 19.0. The van der Waals surface area contributed by atoms with Crippen LogP contribution in [0.3, 0.4) is 0 Å². The smallest absolute Gasteiger partial charge is 0.410 e. The fourth-order valence-corrected chi connectivity index (χ4v) is 4.94. The highest BCUT2D eigenvalue weighted by molar-refractivity contribution is 5.69. The minimum absolute atomic E-state index is 0.00170. The van der Waals surface area contributed by atoms with E-state index in [0.717, 1.165) is 43.7 Å². The van der Waals surface area contributed by atoms with Gasteiger partial charge < -0.3 is 24.8 Å². The van der Waals surface area contributed by atoms with E-state index >= 15 is 0 Å². The van der Waals surface area contributed by atoms with Crippen molar-refractivity contribution in [1.29, 1.82) is 0 Å². The molecule has 0 aromatic carbocycles. The molecule has 0 unspecified atom stereocenters. The standard InChI is InChI=1S/C22H32N6O4/c1-21(2,3)32-20(29)27-12-22(13-27)11-26(8-9-30-22)10-15-4-7-18(31-15)16-5-6-17-19(23)24-14-25-28(16)17/h5-6,14-15,18H,4,7-13H2,1-3H3,(H2,23,24,25)/t15-,18+/m0/s1. The van der Waals surface area contributed by atoms with E-state index in [-0.39, 0.29) is 23.9 Å². The van der Waals surface area contributed by atoms with Gasteiger partial charge in [0.25, 0.3) is 0 Å². The summed E-state index contributed by atoms with van der Waals surface area (Å²) in [5.41, 5.74) is 7.00. The van der Waals surface area contributed by atoms with E-state index in [4.69, 9.17) is 19.9 Å². The summed E-state index contributed by atoms with van der Waals surface area (Å²) in [5, 5.41) is 4.34. The van der Waals surface area contributed by atoms with E-state index in [0.29, 0.717) is 25.5 Å². The summed E-state index contributed by atoms with van der Waals surface area (Å²) in [4.78, 5) is 20.5. The highest BCUT2D eigenvalue weighted by Crippen LogP contribution is 2.35. The number of anilines is 1. The Morgan fingerprint density at radius 1 is 1.28 bits per heavy atom. The Balaban J connectivity index is 1.15. The number of hydrogen-bond acceptors (Lipinski definition) is 8. The number of nitrogen functional groups attached to an aromatic ring is 1. The molecule has 3 saturated heterocycles. The molecule has 3 aliphatic rings. The lowest BCUT2D eigenvalue weighted by atomic mass is 9.92. The molecule has 10 heteroatoms. The zero-order chi connectivity index (χ0) is 22.5. The number of aromatic nitrogens is 3. The van der Waals surface area contributed by atoms with Crippen LogP contribution in [0.5, 0.6) is 0 Å². The third-order valence-electron chi connectivity index (χ3n) is 6.35. The van der Waals surface area contributed by atoms with Crippen LogP contribution in [0.2, 0.25) is 0 Å². The van der Waals surface area contributed by atoms with Crippen LogP contribution in [-0.4, -0.2) is 87.1 Å². The van der Waals surface area contributed by atoms with Gasteiger partial charge in [0.05, 0.1) is 31.5 Å². The Hall–Kier alpha value is -2.43. The first-order valence-corrected chi connectivity index (χ1v) is 11.3. The summed E-state index contributed by atoms with van der Waals surface area (Å²) < 4.78 is 19.8. The molecular formula is C22H32N6O4. The minimum atomic E-state index is -0.487. The van der Waals surface area contributed by atoms with Crippen molar-refractivity contribution in [2.45, 2.75) is 57.0 Å². The lowest BCUT2D eigenvalue weighted by Crippen LogP contribution is -2.71. The molecular weight excluding hydrogens is 412 g/mol. The largest absolute Gasteiger partial charge is 0.444 e. The molecule has 5 rings (SSSR count). The predicted octanol–water partition coefficient (Wildman–Crippen LogP) is 1.85. The van der Waals surface area contributed by atoms with Crippen molar-refractivity contribution in [2.24, 2.45) is 0 Å². The van der Waals surface area contributed by atoms with Crippen LogP contribution < -0.4 is 5.73 Å². The molecule has 2 aromatic heterocycles. The maximum atomic E-state index is 12.3. The molecule has 3 fully saturated rings. The van der Waals surface area contributed by atoms with Crippen molar-refractivity contribution in [3.05, 3.63) is 24.2 Å². The van der Waals surface area contributed by atoms with E-state index in [1.54, 1.807) is 4.90 Å². The van der Waals surface area contributed by atoms with E-state index in [2.05, 4.69) is 15.0 Å². The monoisotopic (exact) mass is 444 g/mol. The number of fused-ring (bicyclic) bond motifs is 1. The number of ether oxygens (including phenoxy) is 3. The Morgan fingerprint density at radius 2 is 2.09 bits per heavy atom. The Morgan fingerprint density at radius 3 is 2.88 bits per heavy atom. The predicted molar refractivity (Wildman–Crippen MR) is 117 cm³/mol. The highest BCUT2D eigenvalue weighted by atomic mass is 16.6. The van der Waals surface area contributed by atoms with Crippen LogP contribution in [0.4, 0.5) is 10.6 Å². The molecule has 1 amide bonds. The van der Waals surface area contributed by atoms with Gasteiger partial charge in [0.15, 0.2) is 5.82 Å². The summed E-state index contributed by atoms with van der Waals surface area (Å²) in [6.45, 7) is 9.98. The minimum Gasteiger partial charge on any atom is -0.444 e. The first-order valence-electron chi connectivity index (χ1n) is 11.3. The molecule has 1 spiro atoms. The number of amides is 1. The molecule has 2 N–H and O–H groups in total. The van der Waals surface area contributed by atoms with Gasteiger partial charge in [-0.2, -0.15) is 5.10 Å². The third-order valence-corrected chi connectivity index (χ3v) is 6.35. The quantitative estimate of drug-likeness (QED) is 0.764. The Bertz CT molecular complexity index is 996. The number of carbonyl (C=O) groups is 1. The summed E-state index contributed by atoms with van der Waals surface area (Å²) in [5.74, 6) is 0.473. The van der Waals surface area contributed by atoms with Gasteiger partial charge in [-0.1, -0.05) is 0 Å². The van der Waals surface area contributed by atoms with Gasteiger partial charge >= 0.3 is 6.09 Å². The van der Waals surface area contributed by atoms with E-state index in [1.807, 2.05) is 37.4 Å². The van der Waals surface area contributed by atoms with Crippen LogP contribution in [0.15, 0.2) is 18.5 Å². The number of likely N-dealkylation sites (tertiary alicyclic amines) is 1. The molecule has 174 valence electrons. The van der Waals surface area contributed by atoms with Crippen molar-refractivity contribution in [3.63, 3.8) is 0 Å². The SMILES string of the molecule is CC(C)(C)OC(=O)N1CC2(CN(C[C@@H]3CC[C@H](c4ccc5c(N)ncnn45)O3)CCO2)C1. The highest BCUT2D eigenvalue weighted by Gasteiger charge is 2.50. The normalized spacial score (nSPS) is 25.9. The maximum Gasteiger partial charge on any atom is 0.410 e. The van der Waals surface area contributed by atoms with Crippen LogP contribution in [0.25, 0.3) is 5.52 Å². The summed E-state index contributed by atoms with van der Waals surface area (Å²) in [6, 6.07) is 3.97. The van der Waals surface area contributed by atoms with Crippen LogP contribution in [-0.2, 0) is 14.2 Å². The first-order chi connectivity index (χ1) is 15.2. The van der Waals surface area contributed by atoms with Gasteiger partial charge in [-0.3, -0.25) is 4.90 Å². The van der Waals surface area contributed by atoms with E-state index in [1.165, 1.54) is 6.33 Å². The second-order valence-corrected chi connectivity index (χ2v) is 10.1. The lowest BCUT2D eigenvalue weighted by molar-refractivity contribution is -0.181. The van der Waals surface area contributed by atoms with Gasteiger partial charge in [-0.05, 0) is 45.7 Å². The van der Waals surface area contributed by atoms with Crippen LogP contribution >= 0.6 is 0 Å². The first kappa shape index (κ1) is 21.4.